The summed E-state index contributed by atoms with van der Waals surface area (Å²) in [5.41, 5.74) is 3.19. The van der Waals surface area contributed by atoms with Crippen LogP contribution in [-0.2, 0) is 26.2 Å². The van der Waals surface area contributed by atoms with Gasteiger partial charge in [-0.15, -0.1) is 0 Å². The van der Waals surface area contributed by atoms with Gasteiger partial charge in [-0.3, -0.25) is 4.79 Å². The first-order valence-electron chi connectivity index (χ1n) is 15.1. The quantitative estimate of drug-likeness (QED) is 0.173. The van der Waals surface area contributed by atoms with Crippen LogP contribution in [0.5, 0.6) is 5.75 Å². The van der Waals surface area contributed by atoms with Crippen molar-refractivity contribution in [1.82, 2.24) is 15.4 Å². The Bertz CT molecular complexity index is 1690. The van der Waals surface area contributed by atoms with E-state index in [4.69, 9.17) is 14.6 Å². The number of carbonyl (C=O) groups is 2. The van der Waals surface area contributed by atoms with E-state index in [1.54, 1.807) is 18.2 Å². The Morgan fingerprint density at radius 1 is 0.833 bits per heavy atom. The molecule has 1 aliphatic heterocycles. The predicted octanol–water partition coefficient (Wildman–Crippen LogP) is 5.10. The molecule has 1 aliphatic rings. The molecule has 1 heterocycles. The highest BCUT2D eigenvalue weighted by molar-refractivity contribution is 7.89. The van der Waals surface area contributed by atoms with Gasteiger partial charge in [0.25, 0.3) is 0 Å². The number of para-hydroxylation sites is 1. The number of carbonyl (C=O) groups excluding carboxylic acids is 1. The molecule has 5 rings (SSSR count). The first-order chi connectivity index (χ1) is 22.9. The molecular weight excluding hydrogens is 647 g/mol. The molecule has 1 amide bonds. The largest absolute Gasteiger partial charge is 0.490 e. The van der Waals surface area contributed by atoms with Crippen LogP contribution in [-0.4, -0.2) is 57.3 Å². The molecule has 0 saturated carbocycles. The van der Waals surface area contributed by atoms with Crippen LogP contribution >= 0.6 is 0 Å². The highest BCUT2D eigenvalue weighted by Crippen LogP contribution is 2.26. The number of rotatable bonds is 11. The van der Waals surface area contributed by atoms with Gasteiger partial charge < -0.3 is 20.5 Å². The number of nitrogens with one attached hydrogen (secondary N) is 3. The van der Waals surface area contributed by atoms with Crippen molar-refractivity contribution in [1.29, 1.82) is 0 Å². The lowest BCUT2D eigenvalue weighted by atomic mass is 9.90. The highest BCUT2D eigenvalue weighted by Gasteiger charge is 2.38. The van der Waals surface area contributed by atoms with E-state index in [2.05, 4.69) is 39.6 Å². The summed E-state index contributed by atoms with van der Waals surface area (Å²) in [6.45, 7) is 1.63. The van der Waals surface area contributed by atoms with Gasteiger partial charge >= 0.3 is 12.1 Å². The Balaban J connectivity index is 0.000000671. The molecule has 9 nitrogen and oxygen atoms in total. The van der Waals surface area contributed by atoms with Crippen LogP contribution in [0.3, 0.4) is 0 Å². The number of carboxylic acid groups (broad SMARTS) is 1. The van der Waals surface area contributed by atoms with Crippen LogP contribution in [0.2, 0.25) is 0 Å². The molecule has 0 bridgehead atoms. The van der Waals surface area contributed by atoms with E-state index in [9.17, 15) is 26.4 Å². The molecule has 48 heavy (non-hydrogen) atoms. The monoisotopic (exact) mass is 683 g/mol. The molecule has 1 fully saturated rings. The molecule has 1 saturated heterocycles. The van der Waals surface area contributed by atoms with Gasteiger partial charge in [0.15, 0.2) is 0 Å². The summed E-state index contributed by atoms with van der Waals surface area (Å²) in [4.78, 5) is 22.2. The van der Waals surface area contributed by atoms with Gasteiger partial charge in [-0.25, -0.2) is 17.9 Å². The van der Waals surface area contributed by atoms with E-state index >= 15 is 0 Å². The number of alkyl halides is 3. The minimum atomic E-state index is -5.08. The lowest BCUT2D eigenvalue weighted by molar-refractivity contribution is -0.192. The number of aliphatic carboxylic acids is 1. The Hall–Kier alpha value is -4.72. The fourth-order valence-corrected chi connectivity index (χ4v) is 6.58. The standard InChI is InChI=1S/C33H35N3O4S.C2HF3O2/c37-33(35-23-30(26-14-6-2-7-15-26)27-16-8-3-9-17-27)28-20-29(22-34-21-28)36-41(38,39)32-19-11-10-18-31(32)40-24-25-12-4-1-5-13-25;3-2(4,5)1(6)7/h1-19,28-30,34,36H,20-24H2,(H,35,37);(H,6,7)/t28-,29+;/m0./s1. The molecule has 4 aromatic rings. The van der Waals surface area contributed by atoms with Gasteiger partial charge in [0.05, 0.1) is 5.92 Å². The molecule has 4 N–H and O–H groups in total. The number of carboxylic acids is 1. The number of halogens is 3. The molecule has 0 aromatic heterocycles. The highest BCUT2D eigenvalue weighted by atomic mass is 32.2. The third-order valence-corrected chi connectivity index (χ3v) is 9.11. The van der Waals surface area contributed by atoms with E-state index in [-0.39, 0.29) is 35.0 Å². The molecule has 4 aromatic carbocycles. The summed E-state index contributed by atoms with van der Waals surface area (Å²) in [6, 6.07) is 36.0. The summed E-state index contributed by atoms with van der Waals surface area (Å²) in [7, 11) is -3.89. The number of hydrogen-bond donors (Lipinski definition) is 4. The average molecular weight is 684 g/mol. The number of amides is 1. The number of benzene rings is 4. The van der Waals surface area contributed by atoms with Crippen molar-refractivity contribution in [2.75, 3.05) is 19.6 Å². The summed E-state index contributed by atoms with van der Waals surface area (Å²) in [5, 5.41) is 13.5. The van der Waals surface area contributed by atoms with Gasteiger partial charge in [0, 0.05) is 31.6 Å². The van der Waals surface area contributed by atoms with Crippen molar-refractivity contribution < 1.29 is 41.0 Å². The minimum Gasteiger partial charge on any atom is -0.487 e. The van der Waals surface area contributed by atoms with E-state index in [0.29, 0.717) is 26.1 Å². The molecule has 2 atom stereocenters. The second-order valence-electron chi connectivity index (χ2n) is 11.1. The lowest BCUT2D eigenvalue weighted by Gasteiger charge is -2.30. The van der Waals surface area contributed by atoms with Crippen LogP contribution in [0.25, 0.3) is 0 Å². The van der Waals surface area contributed by atoms with Gasteiger partial charge in [0.1, 0.15) is 17.3 Å². The average Bonchev–Trinajstić information content (AvgIpc) is 3.09. The van der Waals surface area contributed by atoms with Crippen LogP contribution in [0.15, 0.2) is 120 Å². The van der Waals surface area contributed by atoms with Gasteiger partial charge in [0.2, 0.25) is 15.9 Å². The summed E-state index contributed by atoms with van der Waals surface area (Å²) >= 11 is 0. The van der Waals surface area contributed by atoms with Crippen LogP contribution in [0.4, 0.5) is 13.2 Å². The Morgan fingerprint density at radius 3 is 1.92 bits per heavy atom. The molecule has 0 spiro atoms. The van der Waals surface area contributed by atoms with E-state index < -0.39 is 28.2 Å². The van der Waals surface area contributed by atoms with Crippen LogP contribution < -0.4 is 20.1 Å². The smallest absolute Gasteiger partial charge is 0.487 e. The summed E-state index contributed by atoms with van der Waals surface area (Å²) < 4.78 is 67.3. The predicted molar refractivity (Wildman–Crippen MR) is 174 cm³/mol. The number of piperidine rings is 1. The van der Waals surface area contributed by atoms with E-state index in [1.165, 1.54) is 6.07 Å². The van der Waals surface area contributed by atoms with Gasteiger partial charge in [-0.2, -0.15) is 13.2 Å². The maximum absolute atomic E-state index is 13.4. The molecule has 0 aliphatic carbocycles. The van der Waals surface area contributed by atoms with Crippen molar-refractivity contribution in [3.8, 4) is 5.75 Å². The second kappa shape index (κ2) is 16.9. The normalized spacial score (nSPS) is 16.3. The van der Waals surface area contributed by atoms with Gasteiger partial charge in [-0.05, 0) is 35.2 Å². The number of sulfonamides is 1. The van der Waals surface area contributed by atoms with Crippen molar-refractivity contribution in [2.24, 2.45) is 5.92 Å². The number of ether oxygens (including phenoxy) is 1. The molecule has 254 valence electrons. The third-order valence-electron chi connectivity index (χ3n) is 7.55. The van der Waals surface area contributed by atoms with Crippen LogP contribution in [0, 0.1) is 5.92 Å². The Kier molecular flexibility index (Phi) is 12.7. The maximum Gasteiger partial charge on any atom is 0.490 e. The molecular formula is C35H36F3N3O6S. The van der Waals surface area contributed by atoms with Crippen LogP contribution in [0.1, 0.15) is 29.0 Å². The maximum atomic E-state index is 13.4. The van der Waals surface area contributed by atoms with Gasteiger partial charge in [-0.1, -0.05) is 103 Å². The van der Waals surface area contributed by atoms with Crippen molar-refractivity contribution in [3.05, 3.63) is 132 Å². The number of hydrogen-bond acceptors (Lipinski definition) is 6. The summed E-state index contributed by atoms with van der Waals surface area (Å²) in [5.74, 6) is -2.92. The fourth-order valence-electron chi connectivity index (χ4n) is 5.19. The zero-order chi connectivity index (χ0) is 34.6. The topological polar surface area (TPSA) is 134 Å². The Morgan fingerprint density at radius 2 is 1.35 bits per heavy atom. The zero-order valence-corrected chi connectivity index (χ0v) is 26.6. The first-order valence-corrected chi connectivity index (χ1v) is 16.6. The second-order valence-corrected chi connectivity index (χ2v) is 12.7. The van der Waals surface area contributed by atoms with E-state index in [0.717, 1.165) is 16.7 Å². The van der Waals surface area contributed by atoms with E-state index in [1.807, 2.05) is 66.7 Å². The van der Waals surface area contributed by atoms with Crippen molar-refractivity contribution in [3.63, 3.8) is 0 Å². The first kappa shape index (κ1) is 36.1. The molecule has 13 heteroatoms. The SMILES string of the molecule is O=C(NCC(c1ccccc1)c1ccccc1)[C@@H]1CNC[C@H](NS(=O)(=O)c2ccccc2OCc2ccccc2)C1.O=C(O)C(F)(F)F. The Labute approximate surface area is 277 Å². The third kappa shape index (κ3) is 10.7. The van der Waals surface area contributed by atoms with Crippen molar-refractivity contribution >= 4 is 21.9 Å². The van der Waals surface area contributed by atoms with Crippen molar-refractivity contribution in [2.45, 2.75) is 36.1 Å². The zero-order valence-electron chi connectivity index (χ0n) is 25.8. The minimum absolute atomic E-state index is 0.0135. The fraction of sp³-hybridized carbons (Fsp3) is 0.257. The molecule has 0 unspecified atom stereocenters. The lowest BCUT2D eigenvalue weighted by Crippen LogP contribution is -2.52. The summed E-state index contributed by atoms with van der Waals surface area (Å²) in [6.07, 6.45) is -4.69. The molecule has 0 radical (unpaired) electrons.